The van der Waals surface area contributed by atoms with Crippen LogP contribution in [0.4, 0.5) is 0 Å². The summed E-state index contributed by atoms with van der Waals surface area (Å²) < 4.78 is 10.6. The molecule has 0 bridgehead atoms. The first-order valence-electron chi connectivity index (χ1n) is 8.27. The topological polar surface area (TPSA) is 38.8 Å². The van der Waals surface area contributed by atoms with E-state index in [2.05, 4.69) is 13.8 Å². The SMILES string of the molecule is COc1ccc(/C=C/C(=O)N2CCCCC2C(C)C)c(OC)c1. The number of carbonyl (C=O) groups is 1. The standard InChI is InChI=1S/C19H27NO3/c1-14(2)17-7-5-6-12-20(17)19(21)11-9-15-8-10-16(22-3)13-18(15)23-4/h8-11,13-14,17H,5-7,12H2,1-4H3/b11-9+. The molecule has 1 heterocycles. The highest BCUT2D eigenvalue weighted by Crippen LogP contribution is 2.27. The predicted molar refractivity (Wildman–Crippen MR) is 92.8 cm³/mol. The van der Waals surface area contributed by atoms with E-state index in [0.717, 1.165) is 30.7 Å². The van der Waals surface area contributed by atoms with Crippen LogP contribution in [0.5, 0.6) is 11.5 Å². The molecule has 0 radical (unpaired) electrons. The van der Waals surface area contributed by atoms with E-state index in [0.29, 0.717) is 17.7 Å². The van der Waals surface area contributed by atoms with Gasteiger partial charge in [0.15, 0.2) is 0 Å². The van der Waals surface area contributed by atoms with E-state index in [1.807, 2.05) is 29.2 Å². The van der Waals surface area contributed by atoms with Gasteiger partial charge in [-0.15, -0.1) is 0 Å². The largest absolute Gasteiger partial charge is 0.497 e. The number of amides is 1. The fraction of sp³-hybridized carbons (Fsp3) is 0.526. The van der Waals surface area contributed by atoms with Gasteiger partial charge in [0, 0.05) is 30.3 Å². The summed E-state index contributed by atoms with van der Waals surface area (Å²) >= 11 is 0. The lowest BCUT2D eigenvalue weighted by molar-refractivity contribution is -0.130. The lowest BCUT2D eigenvalue weighted by atomic mass is 9.92. The van der Waals surface area contributed by atoms with Crippen LogP contribution in [0.25, 0.3) is 6.08 Å². The average molecular weight is 317 g/mol. The molecule has 1 aliphatic rings. The van der Waals surface area contributed by atoms with Crippen molar-refractivity contribution in [3.05, 3.63) is 29.8 Å². The third kappa shape index (κ3) is 4.27. The normalized spacial score (nSPS) is 18.5. The maximum absolute atomic E-state index is 12.6. The molecule has 126 valence electrons. The summed E-state index contributed by atoms with van der Waals surface area (Å²) in [6, 6.07) is 5.93. The second-order valence-corrected chi connectivity index (χ2v) is 6.28. The van der Waals surface area contributed by atoms with Crippen molar-refractivity contribution in [1.82, 2.24) is 4.90 Å². The van der Waals surface area contributed by atoms with Crippen LogP contribution in [0.15, 0.2) is 24.3 Å². The molecular formula is C19H27NO3. The second kappa shape index (κ2) is 8.04. The number of carbonyl (C=O) groups excluding carboxylic acids is 1. The van der Waals surface area contributed by atoms with E-state index in [4.69, 9.17) is 9.47 Å². The number of piperidine rings is 1. The van der Waals surface area contributed by atoms with Crippen LogP contribution in [0.1, 0.15) is 38.7 Å². The fourth-order valence-electron chi connectivity index (χ4n) is 3.14. The van der Waals surface area contributed by atoms with E-state index in [9.17, 15) is 4.79 Å². The number of benzene rings is 1. The van der Waals surface area contributed by atoms with Crippen molar-refractivity contribution in [2.45, 2.75) is 39.2 Å². The summed E-state index contributed by atoms with van der Waals surface area (Å²) in [4.78, 5) is 14.6. The Kier molecular flexibility index (Phi) is 6.08. The van der Waals surface area contributed by atoms with Gasteiger partial charge in [0.25, 0.3) is 0 Å². The molecule has 1 unspecified atom stereocenters. The molecule has 1 aromatic carbocycles. The van der Waals surface area contributed by atoms with Gasteiger partial charge in [-0.1, -0.05) is 13.8 Å². The Balaban J connectivity index is 2.14. The summed E-state index contributed by atoms with van der Waals surface area (Å²) in [5.74, 6) is 2.01. The molecule has 1 aliphatic heterocycles. The van der Waals surface area contributed by atoms with Crippen molar-refractivity contribution >= 4 is 12.0 Å². The van der Waals surface area contributed by atoms with Crippen LogP contribution in [0.2, 0.25) is 0 Å². The summed E-state index contributed by atoms with van der Waals surface area (Å²) in [6.07, 6.45) is 6.89. The summed E-state index contributed by atoms with van der Waals surface area (Å²) in [5, 5.41) is 0. The molecule has 0 N–H and O–H groups in total. The third-order valence-corrected chi connectivity index (χ3v) is 4.45. The summed E-state index contributed by atoms with van der Waals surface area (Å²) in [6.45, 7) is 5.23. The highest BCUT2D eigenvalue weighted by Gasteiger charge is 2.27. The minimum atomic E-state index is 0.0845. The zero-order valence-electron chi connectivity index (χ0n) is 14.5. The minimum absolute atomic E-state index is 0.0845. The van der Waals surface area contributed by atoms with Crippen molar-refractivity contribution in [2.75, 3.05) is 20.8 Å². The Bertz CT molecular complexity index is 566. The van der Waals surface area contributed by atoms with E-state index in [-0.39, 0.29) is 5.91 Å². The molecule has 4 nitrogen and oxygen atoms in total. The average Bonchev–Trinajstić information content (AvgIpc) is 2.59. The number of nitrogens with zero attached hydrogens (tertiary/aromatic N) is 1. The minimum Gasteiger partial charge on any atom is -0.497 e. The maximum Gasteiger partial charge on any atom is 0.246 e. The van der Waals surface area contributed by atoms with Gasteiger partial charge in [0.1, 0.15) is 11.5 Å². The highest BCUT2D eigenvalue weighted by molar-refractivity contribution is 5.92. The molecule has 1 saturated heterocycles. The molecule has 4 heteroatoms. The number of hydrogen-bond acceptors (Lipinski definition) is 3. The van der Waals surface area contributed by atoms with Gasteiger partial charge >= 0.3 is 0 Å². The number of hydrogen-bond donors (Lipinski definition) is 0. The van der Waals surface area contributed by atoms with Gasteiger partial charge < -0.3 is 14.4 Å². The van der Waals surface area contributed by atoms with Crippen molar-refractivity contribution in [3.8, 4) is 11.5 Å². The first kappa shape index (κ1) is 17.4. The van der Waals surface area contributed by atoms with Crippen LogP contribution < -0.4 is 9.47 Å². The van der Waals surface area contributed by atoms with E-state index in [1.165, 1.54) is 6.42 Å². The van der Waals surface area contributed by atoms with Crippen LogP contribution in [0, 0.1) is 5.92 Å². The Morgan fingerprint density at radius 3 is 2.70 bits per heavy atom. The van der Waals surface area contributed by atoms with Crippen LogP contribution in [-0.4, -0.2) is 37.6 Å². The number of likely N-dealkylation sites (tertiary alicyclic amines) is 1. The first-order valence-corrected chi connectivity index (χ1v) is 8.27. The van der Waals surface area contributed by atoms with Crippen LogP contribution in [-0.2, 0) is 4.79 Å². The van der Waals surface area contributed by atoms with E-state index < -0.39 is 0 Å². The Morgan fingerprint density at radius 1 is 1.26 bits per heavy atom. The molecular weight excluding hydrogens is 290 g/mol. The zero-order chi connectivity index (χ0) is 16.8. The predicted octanol–water partition coefficient (Wildman–Crippen LogP) is 3.75. The molecule has 0 saturated carbocycles. The van der Waals surface area contributed by atoms with Crippen LogP contribution >= 0.6 is 0 Å². The summed E-state index contributed by atoms with van der Waals surface area (Å²) in [5.41, 5.74) is 0.875. The molecule has 1 atom stereocenters. The number of methoxy groups -OCH3 is 2. The molecule has 1 fully saturated rings. The molecule has 0 spiro atoms. The fourth-order valence-corrected chi connectivity index (χ4v) is 3.14. The molecule has 0 aromatic heterocycles. The lowest BCUT2D eigenvalue weighted by Crippen LogP contribution is -2.45. The van der Waals surface area contributed by atoms with Gasteiger partial charge in [0.2, 0.25) is 5.91 Å². The number of ether oxygens (including phenoxy) is 2. The molecule has 2 rings (SSSR count). The third-order valence-electron chi connectivity index (χ3n) is 4.45. The maximum atomic E-state index is 12.6. The lowest BCUT2D eigenvalue weighted by Gasteiger charge is -2.37. The van der Waals surface area contributed by atoms with Gasteiger partial charge in [-0.05, 0) is 43.4 Å². The van der Waals surface area contributed by atoms with E-state index in [1.54, 1.807) is 20.3 Å². The monoisotopic (exact) mass is 317 g/mol. The Morgan fingerprint density at radius 2 is 2.04 bits per heavy atom. The molecule has 0 aliphatic carbocycles. The zero-order valence-corrected chi connectivity index (χ0v) is 14.5. The van der Waals surface area contributed by atoms with Gasteiger partial charge in [0.05, 0.1) is 14.2 Å². The van der Waals surface area contributed by atoms with Gasteiger partial charge in [-0.2, -0.15) is 0 Å². The molecule has 23 heavy (non-hydrogen) atoms. The smallest absolute Gasteiger partial charge is 0.246 e. The van der Waals surface area contributed by atoms with Crippen molar-refractivity contribution in [3.63, 3.8) is 0 Å². The highest BCUT2D eigenvalue weighted by atomic mass is 16.5. The molecule has 1 amide bonds. The second-order valence-electron chi connectivity index (χ2n) is 6.28. The quantitative estimate of drug-likeness (QED) is 0.776. The Labute approximate surface area is 139 Å². The van der Waals surface area contributed by atoms with E-state index >= 15 is 0 Å². The number of rotatable bonds is 5. The van der Waals surface area contributed by atoms with Gasteiger partial charge in [-0.3, -0.25) is 4.79 Å². The van der Waals surface area contributed by atoms with Crippen molar-refractivity contribution in [1.29, 1.82) is 0 Å². The van der Waals surface area contributed by atoms with Gasteiger partial charge in [-0.25, -0.2) is 0 Å². The summed E-state index contributed by atoms with van der Waals surface area (Å²) in [7, 11) is 3.24. The Hall–Kier alpha value is -1.97. The first-order chi connectivity index (χ1) is 11.1. The van der Waals surface area contributed by atoms with Crippen molar-refractivity contribution in [2.24, 2.45) is 5.92 Å². The van der Waals surface area contributed by atoms with Crippen molar-refractivity contribution < 1.29 is 14.3 Å². The molecule has 1 aromatic rings. The van der Waals surface area contributed by atoms with Crippen LogP contribution in [0.3, 0.4) is 0 Å².